The van der Waals surface area contributed by atoms with Crippen molar-refractivity contribution in [1.29, 1.82) is 5.26 Å². The van der Waals surface area contributed by atoms with Crippen LogP contribution in [-0.2, 0) is 6.42 Å². The summed E-state index contributed by atoms with van der Waals surface area (Å²) < 4.78 is 0. The highest BCUT2D eigenvalue weighted by Gasteiger charge is 2.19. The Hall–Kier alpha value is -1.40. The van der Waals surface area contributed by atoms with Gasteiger partial charge in [0.2, 0.25) is 0 Å². The van der Waals surface area contributed by atoms with E-state index in [4.69, 9.17) is 5.26 Å². The van der Waals surface area contributed by atoms with E-state index in [1.54, 1.807) is 0 Å². The molecule has 0 aliphatic heterocycles. The lowest BCUT2D eigenvalue weighted by molar-refractivity contribution is 0.151. The minimum Gasteiger partial charge on any atom is -0.387 e. The van der Waals surface area contributed by atoms with E-state index < -0.39 is 6.10 Å². The number of aryl methyl sites for hydroxylation is 1. The molecule has 0 saturated carbocycles. The van der Waals surface area contributed by atoms with Gasteiger partial charge in [-0.2, -0.15) is 5.26 Å². The summed E-state index contributed by atoms with van der Waals surface area (Å²) in [6.07, 6.45) is 3.77. The molecule has 3 heteroatoms. The zero-order chi connectivity index (χ0) is 9.26. The summed E-state index contributed by atoms with van der Waals surface area (Å²) in [5, 5.41) is 18.2. The number of rotatable bonds is 0. The number of hydrogen-bond donors (Lipinski definition) is 1. The normalized spacial score (nSPS) is 20.5. The lowest BCUT2D eigenvalue weighted by Crippen LogP contribution is -2.11. The minimum atomic E-state index is -0.434. The molecule has 13 heavy (non-hydrogen) atoms. The van der Waals surface area contributed by atoms with Crippen LogP contribution in [-0.4, -0.2) is 10.1 Å². The van der Waals surface area contributed by atoms with Crippen molar-refractivity contribution in [3.05, 3.63) is 29.1 Å². The van der Waals surface area contributed by atoms with Gasteiger partial charge in [0.25, 0.3) is 0 Å². The number of nitrogens with zero attached hydrogens (tertiary/aromatic N) is 2. The average Bonchev–Trinajstić information content (AvgIpc) is 2.18. The Bertz CT molecular complexity index is 368. The topological polar surface area (TPSA) is 56.9 Å². The number of aliphatic hydroxyl groups is 1. The third kappa shape index (κ3) is 1.41. The Kier molecular flexibility index (Phi) is 1.99. The largest absolute Gasteiger partial charge is 0.387 e. The molecule has 1 aliphatic carbocycles. The third-order valence-corrected chi connectivity index (χ3v) is 2.37. The second-order valence-electron chi connectivity index (χ2n) is 3.29. The van der Waals surface area contributed by atoms with Crippen molar-refractivity contribution in [2.24, 2.45) is 0 Å². The number of fused-ring (bicyclic) bond motifs is 1. The van der Waals surface area contributed by atoms with Crippen molar-refractivity contribution in [1.82, 2.24) is 4.98 Å². The van der Waals surface area contributed by atoms with Crippen molar-refractivity contribution < 1.29 is 5.11 Å². The van der Waals surface area contributed by atoms with Crippen molar-refractivity contribution in [2.75, 3.05) is 0 Å². The van der Waals surface area contributed by atoms with Crippen LogP contribution in [0.4, 0.5) is 0 Å². The maximum Gasteiger partial charge on any atom is 0.101 e. The molecular weight excluding hydrogens is 164 g/mol. The molecule has 0 fully saturated rings. The molecule has 1 heterocycles. The molecule has 0 bridgehead atoms. The molecule has 1 aromatic heterocycles. The number of aromatic nitrogens is 1. The predicted molar refractivity (Wildman–Crippen MR) is 46.8 cm³/mol. The number of pyridine rings is 1. The molecule has 3 nitrogen and oxygen atoms in total. The van der Waals surface area contributed by atoms with Crippen LogP contribution in [0.15, 0.2) is 12.3 Å². The molecule has 66 valence electrons. The van der Waals surface area contributed by atoms with Gasteiger partial charge in [0.1, 0.15) is 6.07 Å². The Balaban J connectivity index is 2.47. The lowest BCUT2D eigenvalue weighted by atomic mass is 9.93. The first-order valence-corrected chi connectivity index (χ1v) is 4.38. The van der Waals surface area contributed by atoms with Crippen LogP contribution in [0.5, 0.6) is 0 Å². The molecular formula is C10H10N2O. The Morgan fingerprint density at radius 1 is 1.62 bits per heavy atom. The molecule has 1 N–H and O–H groups in total. The first-order chi connectivity index (χ1) is 6.31. The van der Waals surface area contributed by atoms with Gasteiger partial charge >= 0.3 is 0 Å². The summed E-state index contributed by atoms with van der Waals surface area (Å²) in [6.45, 7) is 0. The van der Waals surface area contributed by atoms with Crippen LogP contribution >= 0.6 is 0 Å². The molecule has 1 atom stereocenters. The summed E-state index contributed by atoms with van der Waals surface area (Å²) in [5.74, 6) is 0. The fraction of sp³-hybridized carbons (Fsp3) is 0.400. The number of hydrogen-bond acceptors (Lipinski definition) is 3. The van der Waals surface area contributed by atoms with Crippen molar-refractivity contribution >= 4 is 0 Å². The maximum atomic E-state index is 9.58. The highest BCUT2D eigenvalue weighted by atomic mass is 16.3. The maximum absolute atomic E-state index is 9.58. The Morgan fingerprint density at radius 3 is 3.23 bits per heavy atom. The summed E-state index contributed by atoms with van der Waals surface area (Å²) in [7, 11) is 0. The fourth-order valence-electron chi connectivity index (χ4n) is 1.70. The smallest absolute Gasteiger partial charge is 0.101 e. The summed E-state index contributed by atoms with van der Waals surface area (Å²) in [5.41, 5.74) is 2.36. The monoisotopic (exact) mass is 174 g/mol. The molecule has 1 aromatic rings. The molecule has 1 aliphatic rings. The van der Waals surface area contributed by atoms with Gasteiger partial charge in [-0.1, -0.05) is 0 Å². The van der Waals surface area contributed by atoms with Crippen LogP contribution in [0.25, 0.3) is 0 Å². The lowest BCUT2D eigenvalue weighted by Gasteiger charge is -2.19. The van der Waals surface area contributed by atoms with Gasteiger partial charge in [0, 0.05) is 6.20 Å². The van der Waals surface area contributed by atoms with Gasteiger partial charge in [-0.05, 0) is 30.9 Å². The highest BCUT2D eigenvalue weighted by Crippen LogP contribution is 2.27. The quantitative estimate of drug-likeness (QED) is 0.645. The first-order valence-electron chi connectivity index (χ1n) is 4.38. The van der Waals surface area contributed by atoms with E-state index in [0.717, 1.165) is 30.5 Å². The molecule has 0 aromatic carbocycles. The Morgan fingerprint density at radius 2 is 2.46 bits per heavy atom. The molecule has 0 radical (unpaired) electrons. The standard InChI is InChI=1S/C10H10N2O/c11-5-7-4-8-2-1-3-9(13)10(8)12-6-7/h4,6,9,13H,1-3H2/t9-/m0/s1. The summed E-state index contributed by atoms with van der Waals surface area (Å²) >= 11 is 0. The highest BCUT2D eigenvalue weighted by molar-refractivity contribution is 5.34. The molecule has 2 rings (SSSR count). The van der Waals surface area contributed by atoms with Crippen molar-refractivity contribution in [3.63, 3.8) is 0 Å². The fourth-order valence-corrected chi connectivity index (χ4v) is 1.70. The zero-order valence-corrected chi connectivity index (χ0v) is 7.20. The minimum absolute atomic E-state index is 0.434. The van der Waals surface area contributed by atoms with Gasteiger partial charge < -0.3 is 5.11 Å². The van der Waals surface area contributed by atoms with E-state index in [2.05, 4.69) is 4.98 Å². The van der Waals surface area contributed by atoms with Crippen LogP contribution in [0.3, 0.4) is 0 Å². The van der Waals surface area contributed by atoms with Crippen LogP contribution in [0, 0.1) is 11.3 Å². The number of nitriles is 1. The first kappa shape index (κ1) is 8.21. The second-order valence-corrected chi connectivity index (χ2v) is 3.29. The summed E-state index contributed by atoms with van der Waals surface area (Å²) in [4.78, 5) is 4.10. The average molecular weight is 174 g/mol. The molecule has 0 saturated heterocycles. The zero-order valence-electron chi connectivity index (χ0n) is 7.20. The number of aliphatic hydroxyl groups excluding tert-OH is 1. The SMILES string of the molecule is N#Cc1cnc2c(c1)CCC[C@@H]2O. The van der Waals surface area contributed by atoms with Gasteiger partial charge in [-0.25, -0.2) is 0 Å². The predicted octanol–water partition coefficient (Wildman–Crippen LogP) is 1.32. The van der Waals surface area contributed by atoms with Crippen molar-refractivity contribution in [3.8, 4) is 6.07 Å². The van der Waals surface area contributed by atoms with E-state index in [1.165, 1.54) is 6.20 Å². The van der Waals surface area contributed by atoms with Crippen LogP contribution < -0.4 is 0 Å². The second kappa shape index (κ2) is 3.15. The molecule has 0 amide bonds. The van der Waals surface area contributed by atoms with E-state index >= 15 is 0 Å². The van der Waals surface area contributed by atoms with E-state index in [-0.39, 0.29) is 0 Å². The van der Waals surface area contributed by atoms with Gasteiger partial charge in [-0.3, -0.25) is 4.98 Å². The summed E-state index contributed by atoms with van der Waals surface area (Å²) in [6, 6.07) is 3.87. The Labute approximate surface area is 76.7 Å². The van der Waals surface area contributed by atoms with Gasteiger partial charge in [-0.15, -0.1) is 0 Å². The van der Waals surface area contributed by atoms with Crippen LogP contribution in [0.2, 0.25) is 0 Å². The van der Waals surface area contributed by atoms with Crippen LogP contribution in [0.1, 0.15) is 35.8 Å². The van der Waals surface area contributed by atoms with Gasteiger partial charge in [0.05, 0.1) is 17.4 Å². The van der Waals surface area contributed by atoms with E-state index in [9.17, 15) is 5.11 Å². The van der Waals surface area contributed by atoms with Crippen molar-refractivity contribution in [2.45, 2.75) is 25.4 Å². The van der Waals surface area contributed by atoms with E-state index in [0.29, 0.717) is 5.56 Å². The van der Waals surface area contributed by atoms with Gasteiger partial charge in [0.15, 0.2) is 0 Å². The molecule has 0 unspecified atom stereocenters. The van der Waals surface area contributed by atoms with E-state index in [1.807, 2.05) is 12.1 Å². The third-order valence-electron chi connectivity index (χ3n) is 2.37. The molecule has 0 spiro atoms.